The molecule has 0 radical (unpaired) electrons. The monoisotopic (exact) mass is 658 g/mol. The van der Waals surface area contributed by atoms with Gasteiger partial charge in [-0.15, -0.1) is 0 Å². The number of hydrogen-bond donors (Lipinski definition) is 0. The minimum absolute atomic E-state index is 0.0868. The van der Waals surface area contributed by atoms with Crippen LogP contribution in [-0.4, -0.2) is 24.1 Å². The van der Waals surface area contributed by atoms with Crippen molar-refractivity contribution in [3.63, 3.8) is 0 Å². The minimum Gasteiger partial charge on any atom is -0.456 e. The predicted molar refractivity (Wildman–Crippen MR) is 207 cm³/mol. The molecule has 0 N–H and O–H groups in total. The molecule has 0 amide bonds. The second-order valence-corrected chi connectivity index (χ2v) is 12.4. The van der Waals surface area contributed by atoms with Crippen LogP contribution in [0.5, 0.6) is 0 Å². The van der Waals surface area contributed by atoms with Crippen molar-refractivity contribution in [3.05, 3.63) is 164 Å². The Labute approximate surface area is 298 Å². The zero-order chi connectivity index (χ0) is 37.8. The van der Waals surface area contributed by atoms with Crippen molar-refractivity contribution in [1.29, 1.82) is 0 Å². The molecule has 0 saturated carbocycles. The summed E-state index contributed by atoms with van der Waals surface area (Å²) in [5.74, 6) is 1.04. The molecule has 4 heterocycles. The lowest BCUT2D eigenvalue weighted by atomic mass is 10.1. The van der Waals surface area contributed by atoms with E-state index in [-0.39, 0.29) is 36.2 Å². The summed E-state index contributed by atoms with van der Waals surface area (Å²) in [6.45, 7) is 0. The van der Waals surface area contributed by atoms with Crippen molar-refractivity contribution >= 4 is 65.6 Å². The first kappa shape index (κ1) is 23.3. The maximum absolute atomic E-state index is 9.53. The molecular weight excluding hydrogens is 627 g/mol. The van der Waals surface area contributed by atoms with E-state index >= 15 is 0 Å². The molecule has 11 rings (SSSR count). The molecular formula is C45H27N5O. The lowest BCUT2D eigenvalue weighted by molar-refractivity contribution is 0.669. The fraction of sp³-hybridized carbons (Fsp3) is 0. The van der Waals surface area contributed by atoms with E-state index in [4.69, 9.17) is 23.5 Å². The largest absolute Gasteiger partial charge is 0.456 e. The number of aromatic nitrogens is 5. The van der Waals surface area contributed by atoms with Gasteiger partial charge < -0.3 is 8.98 Å². The van der Waals surface area contributed by atoms with Crippen molar-refractivity contribution in [3.8, 4) is 34.4 Å². The maximum atomic E-state index is 9.53. The van der Waals surface area contributed by atoms with Gasteiger partial charge in [0.25, 0.3) is 0 Å². The third-order valence-corrected chi connectivity index (χ3v) is 9.60. The van der Waals surface area contributed by atoms with Crippen LogP contribution in [0, 0.1) is 0 Å². The van der Waals surface area contributed by atoms with Gasteiger partial charge in [0.15, 0.2) is 11.6 Å². The second-order valence-electron chi connectivity index (χ2n) is 12.4. The van der Waals surface area contributed by atoms with Crippen LogP contribution >= 0.6 is 0 Å². The van der Waals surface area contributed by atoms with E-state index in [0.29, 0.717) is 60.8 Å². The summed E-state index contributed by atoms with van der Waals surface area (Å²) >= 11 is 0. The lowest BCUT2D eigenvalue weighted by Crippen LogP contribution is -2.06. The van der Waals surface area contributed by atoms with Crippen LogP contribution in [0.2, 0.25) is 0 Å². The molecule has 238 valence electrons. The average molecular weight is 659 g/mol. The number of para-hydroxylation sites is 4. The molecule has 0 aliphatic heterocycles. The summed E-state index contributed by atoms with van der Waals surface area (Å²) in [5, 5.41) is 4.22. The molecule has 51 heavy (non-hydrogen) atoms. The molecule has 6 heteroatoms. The van der Waals surface area contributed by atoms with Gasteiger partial charge in [-0.1, -0.05) is 121 Å². The first-order valence-corrected chi connectivity index (χ1v) is 16.6. The zero-order valence-electron chi connectivity index (χ0n) is 31.8. The molecule has 0 saturated heterocycles. The SMILES string of the molecule is [2H]c1cc([2H])c2c(c1)c1c(c([2H])cc3c4cc([2H])cc([2H])c4n(-c4nc(-c5ccccc5)nc(-c5cccc6oc7ccccc7c56)n4)c31)n2-c1ccccc1. The van der Waals surface area contributed by atoms with Gasteiger partial charge in [-0.3, -0.25) is 4.57 Å². The molecule has 0 unspecified atom stereocenters. The van der Waals surface area contributed by atoms with Crippen LogP contribution in [-0.2, 0) is 0 Å². The van der Waals surface area contributed by atoms with Crippen LogP contribution in [0.25, 0.3) is 100.0 Å². The molecule has 0 aliphatic rings. The molecule has 0 atom stereocenters. The molecule has 6 nitrogen and oxygen atoms in total. The van der Waals surface area contributed by atoms with Crippen molar-refractivity contribution in [2.45, 2.75) is 0 Å². The van der Waals surface area contributed by atoms with Gasteiger partial charge >= 0.3 is 0 Å². The first-order chi connectivity index (χ1) is 27.3. The van der Waals surface area contributed by atoms with Crippen LogP contribution in [0.1, 0.15) is 6.85 Å². The molecule has 0 aliphatic carbocycles. The fourth-order valence-electron chi connectivity index (χ4n) is 7.45. The van der Waals surface area contributed by atoms with Gasteiger partial charge in [0.2, 0.25) is 5.95 Å². The number of furan rings is 1. The van der Waals surface area contributed by atoms with E-state index in [2.05, 4.69) is 0 Å². The maximum Gasteiger partial charge on any atom is 0.238 e. The highest BCUT2D eigenvalue weighted by Gasteiger charge is 2.24. The number of nitrogens with zero attached hydrogens (tertiary/aromatic N) is 5. The fourth-order valence-corrected chi connectivity index (χ4v) is 7.45. The molecule has 7 aromatic carbocycles. The van der Waals surface area contributed by atoms with E-state index in [9.17, 15) is 2.74 Å². The summed E-state index contributed by atoms with van der Waals surface area (Å²) in [6.07, 6.45) is 0. The Hall–Kier alpha value is -7.05. The van der Waals surface area contributed by atoms with Gasteiger partial charge in [-0.2, -0.15) is 9.97 Å². The lowest BCUT2D eigenvalue weighted by Gasteiger charge is -2.12. The molecule has 4 aromatic heterocycles. The van der Waals surface area contributed by atoms with Crippen molar-refractivity contribution in [2.75, 3.05) is 0 Å². The Morgan fingerprint density at radius 3 is 2.02 bits per heavy atom. The van der Waals surface area contributed by atoms with E-state index < -0.39 is 0 Å². The van der Waals surface area contributed by atoms with E-state index in [1.807, 2.05) is 112 Å². The summed E-state index contributed by atoms with van der Waals surface area (Å²) < 4.78 is 55.4. The summed E-state index contributed by atoms with van der Waals surface area (Å²) in [5.41, 5.74) is 5.83. The zero-order valence-corrected chi connectivity index (χ0v) is 26.8. The van der Waals surface area contributed by atoms with Crippen molar-refractivity contribution < 1.29 is 11.3 Å². The summed E-state index contributed by atoms with van der Waals surface area (Å²) in [7, 11) is 0. The highest BCUT2D eigenvalue weighted by molar-refractivity contribution is 6.26. The highest BCUT2D eigenvalue weighted by atomic mass is 16.3. The third-order valence-electron chi connectivity index (χ3n) is 9.60. The number of benzene rings is 7. The minimum atomic E-state index is 0.0868. The third kappa shape index (κ3) is 4.07. The smallest absolute Gasteiger partial charge is 0.238 e. The number of fused-ring (bicyclic) bond motifs is 10. The van der Waals surface area contributed by atoms with E-state index in [1.165, 1.54) is 12.1 Å². The summed E-state index contributed by atoms with van der Waals surface area (Å²) in [6, 6.07) is 41.9. The topological polar surface area (TPSA) is 61.7 Å². The molecule has 11 aromatic rings. The van der Waals surface area contributed by atoms with E-state index in [0.717, 1.165) is 33.2 Å². The second kappa shape index (κ2) is 10.7. The van der Waals surface area contributed by atoms with Crippen molar-refractivity contribution in [1.82, 2.24) is 24.1 Å². The van der Waals surface area contributed by atoms with Gasteiger partial charge in [0, 0.05) is 49.1 Å². The highest BCUT2D eigenvalue weighted by Crippen LogP contribution is 2.42. The molecule has 0 fully saturated rings. The normalized spacial score (nSPS) is 13.3. The van der Waals surface area contributed by atoms with Gasteiger partial charge in [0.1, 0.15) is 11.2 Å². The standard InChI is InChI=1S/C45H27N5O/c1-3-14-28(15-4-1)43-46-44(34-21-13-25-39-40(34)33-20-9-12-24-38(33)51-39)48-45(47-43)50-35-22-10-7-18-30(35)31-26-27-37-41(42(31)50)32-19-8-11-23-36(32)49(37)29-16-5-2-6-17-29/h1-27H/i7D,8D,22D,23D,27D. The number of rotatable bonds is 4. The van der Waals surface area contributed by atoms with Crippen LogP contribution in [0.4, 0.5) is 0 Å². The van der Waals surface area contributed by atoms with Gasteiger partial charge in [0.05, 0.1) is 28.9 Å². The Morgan fingerprint density at radius 2 is 1.18 bits per heavy atom. The Balaban J connectivity index is 1.35. The Morgan fingerprint density at radius 1 is 0.471 bits per heavy atom. The average Bonchev–Trinajstić information content (AvgIpc) is 3.87. The van der Waals surface area contributed by atoms with Crippen LogP contribution in [0.15, 0.2) is 168 Å². The van der Waals surface area contributed by atoms with Gasteiger partial charge in [-0.25, -0.2) is 4.98 Å². The molecule has 0 bridgehead atoms. The van der Waals surface area contributed by atoms with Crippen LogP contribution < -0.4 is 0 Å². The number of hydrogen-bond acceptors (Lipinski definition) is 4. The summed E-state index contributed by atoms with van der Waals surface area (Å²) in [4.78, 5) is 15.4. The van der Waals surface area contributed by atoms with E-state index in [1.54, 1.807) is 18.2 Å². The predicted octanol–water partition coefficient (Wildman–Crippen LogP) is 11.3. The quantitative estimate of drug-likeness (QED) is 0.189. The first-order valence-electron chi connectivity index (χ1n) is 19.1. The van der Waals surface area contributed by atoms with Crippen LogP contribution in [0.3, 0.4) is 0 Å². The van der Waals surface area contributed by atoms with Crippen molar-refractivity contribution in [2.24, 2.45) is 0 Å². The molecule has 0 spiro atoms. The van der Waals surface area contributed by atoms with Gasteiger partial charge in [-0.05, 0) is 42.4 Å². The Bertz CT molecular complexity index is 3430. The Kier molecular flexibility index (Phi) is 4.91.